The summed E-state index contributed by atoms with van der Waals surface area (Å²) in [5.41, 5.74) is 2.48. The minimum absolute atomic E-state index is 0.0191. The van der Waals surface area contributed by atoms with Gasteiger partial charge in [-0.05, 0) is 48.4 Å². The SMILES string of the molecule is CC(C)c1c(C(=O)Nc2ccc(Cl)c(C(=O)N(C)C)c2)cnn1-c1ccc(F)cc1. The molecular formula is C22H22ClFN4O2. The number of halogens is 2. The summed E-state index contributed by atoms with van der Waals surface area (Å²) in [4.78, 5) is 26.7. The molecule has 1 N–H and O–H groups in total. The summed E-state index contributed by atoms with van der Waals surface area (Å²) in [7, 11) is 3.26. The number of hydrogen-bond donors (Lipinski definition) is 1. The van der Waals surface area contributed by atoms with Gasteiger partial charge in [0.2, 0.25) is 0 Å². The smallest absolute Gasteiger partial charge is 0.259 e. The van der Waals surface area contributed by atoms with Crippen LogP contribution in [0.1, 0.15) is 46.2 Å². The summed E-state index contributed by atoms with van der Waals surface area (Å²) < 4.78 is 14.9. The highest BCUT2D eigenvalue weighted by Crippen LogP contribution is 2.26. The average molecular weight is 429 g/mol. The van der Waals surface area contributed by atoms with E-state index in [2.05, 4.69) is 10.4 Å². The maximum absolute atomic E-state index is 13.3. The van der Waals surface area contributed by atoms with Crippen molar-refractivity contribution in [3.8, 4) is 5.69 Å². The fourth-order valence-electron chi connectivity index (χ4n) is 3.08. The normalized spacial score (nSPS) is 10.9. The van der Waals surface area contributed by atoms with Gasteiger partial charge in [0.1, 0.15) is 5.82 Å². The molecule has 3 aromatic rings. The van der Waals surface area contributed by atoms with Crippen molar-refractivity contribution < 1.29 is 14.0 Å². The zero-order valence-corrected chi connectivity index (χ0v) is 17.9. The second kappa shape index (κ2) is 8.67. The molecule has 0 saturated heterocycles. The van der Waals surface area contributed by atoms with Crippen LogP contribution in [0.3, 0.4) is 0 Å². The number of amides is 2. The molecule has 1 aromatic heterocycles. The van der Waals surface area contributed by atoms with Gasteiger partial charge in [0.15, 0.2) is 0 Å². The first-order valence-electron chi connectivity index (χ1n) is 9.35. The highest BCUT2D eigenvalue weighted by molar-refractivity contribution is 6.34. The molecule has 156 valence electrons. The van der Waals surface area contributed by atoms with Gasteiger partial charge in [0, 0.05) is 19.8 Å². The van der Waals surface area contributed by atoms with Crippen LogP contribution >= 0.6 is 11.6 Å². The molecule has 0 aliphatic rings. The molecule has 0 radical (unpaired) electrons. The summed E-state index contributed by atoms with van der Waals surface area (Å²) in [6, 6.07) is 10.6. The molecular weight excluding hydrogens is 407 g/mol. The summed E-state index contributed by atoms with van der Waals surface area (Å²) in [6.45, 7) is 3.90. The van der Waals surface area contributed by atoms with Gasteiger partial charge >= 0.3 is 0 Å². The van der Waals surface area contributed by atoms with E-state index in [0.717, 1.165) is 0 Å². The van der Waals surface area contributed by atoms with Crippen LogP contribution in [0.2, 0.25) is 5.02 Å². The Morgan fingerprint density at radius 2 is 1.77 bits per heavy atom. The Morgan fingerprint density at radius 3 is 2.37 bits per heavy atom. The van der Waals surface area contributed by atoms with Crippen molar-refractivity contribution in [3.05, 3.63) is 76.3 Å². The minimum atomic E-state index is -0.363. The highest BCUT2D eigenvalue weighted by atomic mass is 35.5. The van der Waals surface area contributed by atoms with Crippen molar-refractivity contribution in [2.75, 3.05) is 19.4 Å². The number of aromatic nitrogens is 2. The first kappa shape index (κ1) is 21.5. The third-order valence-electron chi connectivity index (χ3n) is 4.53. The van der Waals surface area contributed by atoms with E-state index in [1.54, 1.807) is 49.1 Å². The first-order valence-corrected chi connectivity index (χ1v) is 9.73. The maximum Gasteiger partial charge on any atom is 0.259 e. The van der Waals surface area contributed by atoms with Crippen LogP contribution in [-0.2, 0) is 0 Å². The highest BCUT2D eigenvalue weighted by Gasteiger charge is 2.22. The number of rotatable bonds is 5. The van der Waals surface area contributed by atoms with Gasteiger partial charge in [-0.2, -0.15) is 5.10 Å². The lowest BCUT2D eigenvalue weighted by molar-refractivity contribution is 0.0827. The average Bonchev–Trinajstić information content (AvgIpc) is 3.15. The van der Waals surface area contributed by atoms with Gasteiger partial charge in [0.25, 0.3) is 11.8 Å². The van der Waals surface area contributed by atoms with Crippen molar-refractivity contribution in [2.24, 2.45) is 0 Å². The predicted octanol–water partition coefficient (Wildman–Crippen LogP) is 4.74. The molecule has 30 heavy (non-hydrogen) atoms. The predicted molar refractivity (Wildman–Crippen MR) is 115 cm³/mol. The van der Waals surface area contributed by atoms with Gasteiger partial charge in [-0.25, -0.2) is 9.07 Å². The van der Waals surface area contributed by atoms with Crippen LogP contribution in [-0.4, -0.2) is 40.6 Å². The zero-order valence-electron chi connectivity index (χ0n) is 17.1. The van der Waals surface area contributed by atoms with E-state index in [9.17, 15) is 14.0 Å². The fourth-order valence-corrected chi connectivity index (χ4v) is 3.28. The van der Waals surface area contributed by atoms with Crippen molar-refractivity contribution in [1.82, 2.24) is 14.7 Å². The Balaban J connectivity index is 1.94. The fraction of sp³-hybridized carbons (Fsp3) is 0.227. The summed E-state index contributed by atoms with van der Waals surface area (Å²) >= 11 is 6.14. The van der Waals surface area contributed by atoms with E-state index in [-0.39, 0.29) is 23.5 Å². The minimum Gasteiger partial charge on any atom is -0.345 e. The van der Waals surface area contributed by atoms with Gasteiger partial charge in [-0.1, -0.05) is 25.4 Å². The lowest BCUT2D eigenvalue weighted by Crippen LogP contribution is -2.22. The number of nitrogens with one attached hydrogen (secondary N) is 1. The topological polar surface area (TPSA) is 67.2 Å². The molecule has 0 unspecified atom stereocenters. The molecule has 2 amide bonds. The van der Waals surface area contributed by atoms with Crippen LogP contribution in [0.15, 0.2) is 48.7 Å². The van der Waals surface area contributed by atoms with Crippen LogP contribution < -0.4 is 5.32 Å². The molecule has 0 spiro atoms. The second-order valence-corrected chi connectivity index (χ2v) is 7.74. The number of benzene rings is 2. The summed E-state index contributed by atoms with van der Waals surface area (Å²) in [5.74, 6) is -0.990. The molecule has 8 heteroatoms. The lowest BCUT2D eigenvalue weighted by Gasteiger charge is -2.14. The Hall–Kier alpha value is -3.19. The molecule has 3 rings (SSSR count). The zero-order chi connectivity index (χ0) is 22.0. The van der Waals surface area contributed by atoms with E-state index in [4.69, 9.17) is 11.6 Å². The number of carbonyl (C=O) groups is 2. The molecule has 0 aliphatic carbocycles. The number of carbonyl (C=O) groups excluding carboxylic acids is 2. The molecule has 1 heterocycles. The van der Waals surface area contributed by atoms with E-state index in [0.29, 0.717) is 33.2 Å². The van der Waals surface area contributed by atoms with E-state index in [1.165, 1.54) is 23.2 Å². The standard InChI is InChI=1S/C22H22ClFN4O2/c1-13(2)20-18(12-25-28(20)16-8-5-14(24)6-9-16)21(29)26-15-7-10-19(23)17(11-15)22(30)27(3)4/h5-13H,1-4H3,(H,26,29). The summed E-state index contributed by atoms with van der Waals surface area (Å²) in [6.07, 6.45) is 1.48. The van der Waals surface area contributed by atoms with Crippen molar-refractivity contribution in [3.63, 3.8) is 0 Å². The summed E-state index contributed by atoms with van der Waals surface area (Å²) in [5, 5.41) is 7.45. The van der Waals surface area contributed by atoms with Crippen LogP contribution in [0, 0.1) is 5.82 Å². The van der Waals surface area contributed by atoms with E-state index in [1.807, 2.05) is 13.8 Å². The van der Waals surface area contributed by atoms with Gasteiger partial charge in [0.05, 0.1) is 33.7 Å². The monoisotopic (exact) mass is 428 g/mol. The Labute approximate surface area is 179 Å². The molecule has 2 aromatic carbocycles. The van der Waals surface area contributed by atoms with Gasteiger partial charge in [-0.15, -0.1) is 0 Å². The number of anilines is 1. The van der Waals surface area contributed by atoms with Crippen molar-refractivity contribution in [2.45, 2.75) is 19.8 Å². The molecule has 0 bridgehead atoms. The Bertz CT molecular complexity index is 1090. The quantitative estimate of drug-likeness (QED) is 0.638. The number of nitrogens with zero attached hydrogens (tertiary/aromatic N) is 3. The van der Waals surface area contributed by atoms with Crippen LogP contribution in [0.25, 0.3) is 5.69 Å². The second-order valence-electron chi connectivity index (χ2n) is 7.33. The van der Waals surface area contributed by atoms with E-state index >= 15 is 0 Å². The van der Waals surface area contributed by atoms with Crippen LogP contribution in [0.5, 0.6) is 0 Å². The largest absolute Gasteiger partial charge is 0.345 e. The number of hydrogen-bond acceptors (Lipinski definition) is 3. The molecule has 6 nitrogen and oxygen atoms in total. The molecule has 0 saturated carbocycles. The lowest BCUT2D eigenvalue weighted by atomic mass is 10.0. The van der Waals surface area contributed by atoms with Gasteiger partial charge in [-0.3, -0.25) is 9.59 Å². The molecule has 0 aliphatic heterocycles. The van der Waals surface area contributed by atoms with Crippen molar-refractivity contribution in [1.29, 1.82) is 0 Å². The maximum atomic E-state index is 13.3. The van der Waals surface area contributed by atoms with E-state index < -0.39 is 0 Å². The Kier molecular flexibility index (Phi) is 6.22. The van der Waals surface area contributed by atoms with Crippen LogP contribution in [0.4, 0.5) is 10.1 Å². The third kappa shape index (κ3) is 4.36. The third-order valence-corrected chi connectivity index (χ3v) is 4.86. The first-order chi connectivity index (χ1) is 14.2. The van der Waals surface area contributed by atoms with Crippen molar-refractivity contribution >= 4 is 29.1 Å². The Morgan fingerprint density at radius 1 is 1.10 bits per heavy atom. The molecule has 0 fully saturated rings. The van der Waals surface area contributed by atoms with Gasteiger partial charge < -0.3 is 10.2 Å². The molecule has 0 atom stereocenters.